The van der Waals surface area contributed by atoms with E-state index in [1.54, 1.807) is 0 Å². The van der Waals surface area contributed by atoms with E-state index >= 15 is 0 Å². The van der Waals surface area contributed by atoms with Gasteiger partial charge in [0.2, 0.25) is 0 Å². The highest BCUT2D eigenvalue weighted by molar-refractivity contribution is 5.59. The Hall–Kier alpha value is -2.07. The highest BCUT2D eigenvalue weighted by Gasteiger charge is 2.18. The average Bonchev–Trinajstić information content (AvgIpc) is 2.61. The highest BCUT2D eigenvalue weighted by atomic mass is 19.1. The molecule has 3 nitrogen and oxygen atoms in total. The first kappa shape index (κ1) is 16.8. The van der Waals surface area contributed by atoms with Gasteiger partial charge in [0.15, 0.2) is 0 Å². The van der Waals surface area contributed by atoms with Crippen LogP contribution in [0.5, 0.6) is 5.75 Å². The van der Waals surface area contributed by atoms with E-state index in [4.69, 9.17) is 4.74 Å². The Labute approximate surface area is 143 Å². The van der Waals surface area contributed by atoms with Gasteiger partial charge in [0.25, 0.3) is 0 Å². The minimum Gasteiger partial charge on any atom is -0.486 e. The second-order valence-corrected chi connectivity index (χ2v) is 6.47. The van der Waals surface area contributed by atoms with Gasteiger partial charge in [0, 0.05) is 12.6 Å². The van der Waals surface area contributed by atoms with Crippen LogP contribution in [-0.2, 0) is 13.0 Å². The molecule has 128 valence electrons. The summed E-state index contributed by atoms with van der Waals surface area (Å²) in [4.78, 5) is 0. The number of benzene rings is 2. The Morgan fingerprint density at radius 2 is 1.96 bits per heavy atom. The van der Waals surface area contributed by atoms with Crippen LogP contribution in [0, 0.1) is 5.82 Å². The largest absolute Gasteiger partial charge is 0.486 e. The molecule has 0 saturated heterocycles. The summed E-state index contributed by atoms with van der Waals surface area (Å²) in [6, 6.07) is 13.3. The molecule has 0 bridgehead atoms. The second kappa shape index (κ2) is 7.67. The van der Waals surface area contributed by atoms with Gasteiger partial charge < -0.3 is 15.4 Å². The van der Waals surface area contributed by atoms with Gasteiger partial charge in [0.1, 0.15) is 17.7 Å². The Balaban J connectivity index is 1.55. The molecule has 0 radical (unpaired) electrons. The Bertz CT molecular complexity index is 672. The van der Waals surface area contributed by atoms with E-state index in [0.29, 0.717) is 6.04 Å². The molecule has 0 fully saturated rings. The molecule has 2 aromatic carbocycles. The minimum atomic E-state index is -0.194. The van der Waals surface area contributed by atoms with Crippen molar-refractivity contribution in [2.75, 3.05) is 11.9 Å². The van der Waals surface area contributed by atoms with Crippen molar-refractivity contribution in [1.29, 1.82) is 0 Å². The summed E-state index contributed by atoms with van der Waals surface area (Å²) >= 11 is 0. The predicted molar refractivity (Wildman–Crippen MR) is 96.0 cm³/mol. The lowest BCUT2D eigenvalue weighted by molar-refractivity contribution is 0.202. The number of rotatable bonds is 6. The average molecular weight is 328 g/mol. The molecular formula is C20H25FN2O. The standard InChI is InChI=1S/C20H25FN2O/c1-3-18-13-23-19-11-16(6-9-20(19)24-18)10-14(2)22-12-15-4-7-17(21)8-5-15/h4-9,11,14,18,22-23H,3,10,12-13H2,1-2H3. The molecule has 0 spiro atoms. The molecule has 0 aromatic heterocycles. The maximum atomic E-state index is 12.9. The fraction of sp³-hybridized carbons (Fsp3) is 0.400. The first-order valence-electron chi connectivity index (χ1n) is 8.65. The molecule has 0 amide bonds. The van der Waals surface area contributed by atoms with Crippen molar-refractivity contribution in [1.82, 2.24) is 5.32 Å². The maximum absolute atomic E-state index is 12.9. The number of ether oxygens (including phenoxy) is 1. The highest BCUT2D eigenvalue weighted by Crippen LogP contribution is 2.31. The lowest BCUT2D eigenvalue weighted by Crippen LogP contribution is -2.30. The van der Waals surface area contributed by atoms with Gasteiger partial charge >= 0.3 is 0 Å². The number of anilines is 1. The zero-order valence-corrected chi connectivity index (χ0v) is 14.3. The van der Waals surface area contributed by atoms with Gasteiger partial charge in [-0.3, -0.25) is 0 Å². The second-order valence-electron chi connectivity index (χ2n) is 6.47. The van der Waals surface area contributed by atoms with Crippen LogP contribution < -0.4 is 15.4 Å². The molecule has 2 N–H and O–H groups in total. The molecule has 2 aromatic rings. The fourth-order valence-electron chi connectivity index (χ4n) is 2.94. The SMILES string of the molecule is CCC1CNc2cc(CC(C)NCc3ccc(F)cc3)ccc2O1. The quantitative estimate of drug-likeness (QED) is 0.836. The lowest BCUT2D eigenvalue weighted by atomic mass is 10.0. The first-order chi connectivity index (χ1) is 11.6. The van der Waals surface area contributed by atoms with Crippen LogP contribution in [0.3, 0.4) is 0 Å². The van der Waals surface area contributed by atoms with Crippen molar-refractivity contribution in [3.05, 3.63) is 59.4 Å². The molecular weight excluding hydrogens is 303 g/mol. The zero-order valence-electron chi connectivity index (χ0n) is 14.3. The van der Waals surface area contributed by atoms with E-state index in [0.717, 1.165) is 42.9 Å². The van der Waals surface area contributed by atoms with Crippen LogP contribution in [0.2, 0.25) is 0 Å². The lowest BCUT2D eigenvalue weighted by Gasteiger charge is -2.27. The van der Waals surface area contributed by atoms with Gasteiger partial charge in [0.05, 0.1) is 12.2 Å². The van der Waals surface area contributed by atoms with E-state index in [9.17, 15) is 4.39 Å². The third kappa shape index (κ3) is 4.26. The van der Waals surface area contributed by atoms with Crippen molar-refractivity contribution < 1.29 is 9.13 Å². The molecule has 2 atom stereocenters. The topological polar surface area (TPSA) is 33.3 Å². The fourth-order valence-corrected chi connectivity index (χ4v) is 2.94. The van der Waals surface area contributed by atoms with Gasteiger partial charge in [-0.1, -0.05) is 25.1 Å². The third-order valence-corrected chi connectivity index (χ3v) is 4.42. The number of fused-ring (bicyclic) bond motifs is 1. The van der Waals surface area contributed by atoms with E-state index in [1.807, 2.05) is 12.1 Å². The summed E-state index contributed by atoms with van der Waals surface area (Å²) in [5.41, 5.74) is 3.45. The summed E-state index contributed by atoms with van der Waals surface area (Å²) in [5.74, 6) is 0.754. The van der Waals surface area contributed by atoms with Crippen LogP contribution in [0.4, 0.5) is 10.1 Å². The first-order valence-corrected chi connectivity index (χ1v) is 8.65. The van der Waals surface area contributed by atoms with E-state index < -0.39 is 0 Å². The van der Waals surface area contributed by atoms with Crippen molar-refractivity contribution in [3.8, 4) is 5.75 Å². The maximum Gasteiger partial charge on any atom is 0.142 e. The smallest absolute Gasteiger partial charge is 0.142 e. The van der Waals surface area contributed by atoms with E-state index in [-0.39, 0.29) is 11.9 Å². The summed E-state index contributed by atoms with van der Waals surface area (Å²) in [5, 5.41) is 6.95. The molecule has 1 aliphatic rings. The molecule has 24 heavy (non-hydrogen) atoms. The number of hydrogen-bond donors (Lipinski definition) is 2. The van der Waals surface area contributed by atoms with Gasteiger partial charge in [-0.15, -0.1) is 0 Å². The van der Waals surface area contributed by atoms with Crippen LogP contribution in [0.25, 0.3) is 0 Å². The third-order valence-electron chi connectivity index (χ3n) is 4.42. The van der Waals surface area contributed by atoms with Crippen LogP contribution >= 0.6 is 0 Å². The Kier molecular flexibility index (Phi) is 5.36. The number of hydrogen-bond acceptors (Lipinski definition) is 3. The molecule has 3 rings (SSSR count). The van der Waals surface area contributed by atoms with E-state index in [2.05, 4.69) is 42.7 Å². The molecule has 1 heterocycles. The van der Waals surface area contributed by atoms with Crippen molar-refractivity contribution in [2.45, 2.75) is 45.4 Å². The van der Waals surface area contributed by atoms with Crippen LogP contribution in [0.1, 0.15) is 31.4 Å². The number of nitrogens with one attached hydrogen (secondary N) is 2. The minimum absolute atomic E-state index is 0.194. The zero-order chi connectivity index (χ0) is 16.9. The Morgan fingerprint density at radius 1 is 1.21 bits per heavy atom. The molecule has 4 heteroatoms. The molecule has 2 unspecified atom stereocenters. The summed E-state index contributed by atoms with van der Waals surface area (Å²) in [6.45, 7) is 5.91. The van der Waals surface area contributed by atoms with Crippen LogP contribution in [0.15, 0.2) is 42.5 Å². The monoisotopic (exact) mass is 328 g/mol. The normalized spacial score (nSPS) is 17.5. The summed E-state index contributed by atoms with van der Waals surface area (Å²) in [7, 11) is 0. The molecule has 0 aliphatic carbocycles. The number of halogens is 1. The van der Waals surface area contributed by atoms with E-state index in [1.165, 1.54) is 17.7 Å². The summed E-state index contributed by atoms with van der Waals surface area (Å²) < 4.78 is 18.9. The van der Waals surface area contributed by atoms with Crippen molar-refractivity contribution >= 4 is 5.69 Å². The van der Waals surface area contributed by atoms with Gasteiger partial charge in [-0.25, -0.2) is 4.39 Å². The predicted octanol–water partition coefficient (Wildman–Crippen LogP) is 4.13. The molecule has 1 aliphatic heterocycles. The summed E-state index contributed by atoms with van der Waals surface area (Å²) in [6.07, 6.45) is 2.21. The van der Waals surface area contributed by atoms with Crippen molar-refractivity contribution in [3.63, 3.8) is 0 Å². The van der Waals surface area contributed by atoms with Crippen LogP contribution in [-0.4, -0.2) is 18.7 Å². The van der Waals surface area contributed by atoms with Gasteiger partial charge in [-0.05, 0) is 55.2 Å². The molecule has 0 saturated carbocycles. The van der Waals surface area contributed by atoms with Crippen molar-refractivity contribution in [2.24, 2.45) is 0 Å². The van der Waals surface area contributed by atoms with Gasteiger partial charge in [-0.2, -0.15) is 0 Å². The Morgan fingerprint density at radius 3 is 2.71 bits per heavy atom.